The van der Waals surface area contributed by atoms with E-state index in [4.69, 9.17) is 14.5 Å². The van der Waals surface area contributed by atoms with Gasteiger partial charge in [0.2, 0.25) is 5.95 Å². The molecule has 1 unspecified atom stereocenters. The number of fused-ring (bicyclic) bond motifs is 1. The molecule has 0 bridgehead atoms. The monoisotopic (exact) mass is 414 g/mol. The summed E-state index contributed by atoms with van der Waals surface area (Å²) in [6, 6.07) is 4.14. The van der Waals surface area contributed by atoms with Crippen LogP contribution in [0.1, 0.15) is 24.1 Å². The Hall–Kier alpha value is -2.10. The Balaban J connectivity index is 1.37. The second kappa shape index (κ2) is 8.33. The van der Waals surface area contributed by atoms with Crippen molar-refractivity contribution < 1.29 is 9.47 Å². The molecular formula is C20H26N6O2S. The minimum absolute atomic E-state index is 0.239. The van der Waals surface area contributed by atoms with Crippen LogP contribution in [0.25, 0.3) is 5.65 Å². The van der Waals surface area contributed by atoms with Gasteiger partial charge in [-0.3, -0.25) is 4.57 Å². The van der Waals surface area contributed by atoms with E-state index in [1.807, 2.05) is 12.3 Å². The maximum absolute atomic E-state index is 5.89. The average molecular weight is 415 g/mol. The number of rotatable bonds is 6. The zero-order valence-electron chi connectivity index (χ0n) is 16.7. The SMILES string of the molecule is Cc1cccn2cc(CSc3nnc(N4CCOCC4)n3CC3CCCO3)nc12. The van der Waals surface area contributed by atoms with E-state index >= 15 is 0 Å². The maximum Gasteiger partial charge on any atom is 0.228 e. The van der Waals surface area contributed by atoms with Crippen molar-refractivity contribution in [3.8, 4) is 0 Å². The highest BCUT2D eigenvalue weighted by Gasteiger charge is 2.25. The number of nitrogens with zero attached hydrogens (tertiary/aromatic N) is 6. The molecule has 29 heavy (non-hydrogen) atoms. The first-order chi connectivity index (χ1) is 14.3. The molecule has 0 aliphatic carbocycles. The molecular weight excluding hydrogens is 388 g/mol. The van der Waals surface area contributed by atoms with E-state index in [0.29, 0.717) is 0 Å². The van der Waals surface area contributed by atoms with Crippen molar-refractivity contribution in [3.63, 3.8) is 0 Å². The fourth-order valence-electron chi connectivity index (χ4n) is 3.95. The van der Waals surface area contributed by atoms with Gasteiger partial charge in [0.25, 0.3) is 0 Å². The number of thioether (sulfide) groups is 1. The second-order valence-electron chi connectivity index (χ2n) is 7.57. The quantitative estimate of drug-likeness (QED) is 0.574. The third-order valence-electron chi connectivity index (χ3n) is 5.48. The number of hydrogen-bond donors (Lipinski definition) is 0. The highest BCUT2D eigenvalue weighted by Crippen LogP contribution is 2.28. The number of pyridine rings is 1. The van der Waals surface area contributed by atoms with Gasteiger partial charge in [0.1, 0.15) is 5.65 Å². The smallest absolute Gasteiger partial charge is 0.228 e. The molecule has 2 fully saturated rings. The van der Waals surface area contributed by atoms with Crippen molar-refractivity contribution in [2.24, 2.45) is 0 Å². The highest BCUT2D eigenvalue weighted by atomic mass is 32.2. The molecule has 0 aromatic carbocycles. The molecule has 3 aromatic rings. The molecule has 0 saturated carbocycles. The first kappa shape index (κ1) is 18.9. The summed E-state index contributed by atoms with van der Waals surface area (Å²) in [5.74, 6) is 1.69. The molecule has 0 spiro atoms. The predicted molar refractivity (Wildman–Crippen MR) is 112 cm³/mol. The number of hydrogen-bond acceptors (Lipinski definition) is 7. The lowest BCUT2D eigenvalue weighted by Gasteiger charge is -2.28. The Morgan fingerprint density at radius 3 is 2.90 bits per heavy atom. The molecule has 2 aliphatic heterocycles. The molecule has 9 heteroatoms. The van der Waals surface area contributed by atoms with Crippen LogP contribution in [0.4, 0.5) is 5.95 Å². The van der Waals surface area contributed by atoms with Crippen LogP contribution in [0.5, 0.6) is 0 Å². The van der Waals surface area contributed by atoms with Crippen molar-refractivity contribution in [2.75, 3.05) is 37.8 Å². The summed E-state index contributed by atoms with van der Waals surface area (Å²) in [5, 5.41) is 9.98. The molecule has 2 aliphatic rings. The van der Waals surface area contributed by atoms with E-state index in [9.17, 15) is 0 Å². The van der Waals surface area contributed by atoms with Crippen LogP contribution in [0.15, 0.2) is 29.7 Å². The van der Waals surface area contributed by atoms with Crippen molar-refractivity contribution in [2.45, 2.75) is 43.3 Å². The summed E-state index contributed by atoms with van der Waals surface area (Å²) < 4.78 is 15.7. The van der Waals surface area contributed by atoms with E-state index in [1.165, 1.54) is 5.56 Å². The summed E-state index contributed by atoms with van der Waals surface area (Å²) in [6.45, 7) is 6.90. The van der Waals surface area contributed by atoms with Crippen LogP contribution in [0.2, 0.25) is 0 Å². The number of anilines is 1. The third kappa shape index (κ3) is 3.99. The molecule has 1 atom stereocenters. The number of imidazole rings is 1. The third-order valence-corrected chi connectivity index (χ3v) is 6.48. The van der Waals surface area contributed by atoms with E-state index in [-0.39, 0.29) is 6.10 Å². The molecule has 0 N–H and O–H groups in total. The van der Waals surface area contributed by atoms with Gasteiger partial charge in [0.15, 0.2) is 5.16 Å². The van der Waals surface area contributed by atoms with Crippen LogP contribution < -0.4 is 4.90 Å². The van der Waals surface area contributed by atoms with Gasteiger partial charge in [0.05, 0.1) is 31.6 Å². The summed E-state index contributed by atoms with van der Waals surface area (Å²) in [6.07, 6.45) is 6.60. The lowest BCUT2D eigenvalue weighted by molar-refractivity contribution is 0.0942. The van der Waals surface area contributed by atoms with Crippen molar-refractivity contribution in [1.29, 1.82) is 0 Å². The fourth-order valence-corrected chi connectivity index (χ4v) is 4.78. The zero-order valence-corrected chi connectivity index (χ0v) is 17.5. The van der Waals surface area contributed by atoms with Crippen molar-refractivity contribution in [3.05, 3.63) is 35.8 Å². The molecule has 0 amide bonds. The van der Waals surface area contributed by atoms with Gasteiger partial charge in [-0.2, -0.15) is 0 Å². The summed E-state index contributed by atoms with van der Waals surface area (Å²) >= 11 is 1.69. The summed E-state index contributed by atoms with van der Waals surface area (Å²) in [7, 11) is 0. The molecule has 5 rings (SSSR count). The van der Waals surface area contributed by atoms with Gasteiger partial charge >= 0.3 is 0 Å². The molecule has 154 valence electrons. The number of aromatic nitrogens is 5. The lowest BCUT2D eigenvalue weighted by Crippen LogP contribution is -2.38. The summed E-state index contributed by atoms with van der Waals surface area (Å²) in [4.78, 5) is 7.06. The minimum Gasteiger partial charge on any atom is -0.378 e. The molecule has 2 saturated heterocycles. The number of aryl methyl sites for hydroxylation is 1. The Morgan fingerprint density at radius 2 is 2.10 bits per heavy atom. The molecule has 8 nitrogen and oxygen atoms in total. The van der Waals surface area contributed by atoms with Gasteiger partial charge in [-0.15, -0.1) is 10.2 Å². The van der Waals surface area contributed by atoms with Crippen LogP contribution in [0.3, 0.4) is 0 Å². The standard InChI is InChI=1S/C20H26N6O2S/c1-15-4-2-6-25-12-16(21-18(15)25)14-29-20-23-22-19(24-7-10-27-11-8-24)26(20)13-17-5-3-9-28-17/h2,4,6,12,17H,3,5,7-11,13-14H2,1H3. The minimum atomic E-state index is 0.239. The van der Waals surface area contributed by atoms with E-state index in [2.05, 4.69) is 43.3 Å². The van der Waals surface area contributed by atoms with E-state index in [0.717, 1.165) is 80.5 Å². The Labute approximate surface area is 174 Å². The van der Waals surface area contributed by atoms with Crippen LogP contribution in [-0.2, 0) is 21.8 Å². The maximum atomic E-state index is 5.89. The summed E-state index contributed by atoms with van der Waals surface area (Å²) in [5.41, 5.74) is 3.24. The van der Waals surface area contributed by atoms with Crippen molar-refractivity contribution >= 4 is 23.4 Å². The Kier molecular flexibility index (Phi) is 5.43. The van der Waals surface area contributed by atoms with Gasteiger partial charge in [-0.1, -0.05) is 17.8 Å². The Bertz CT molecular complexity index is 975. The first-order valence-corrected chi connectivity index (χ1v) is 11.2. The van der Waals surface area contributed by atoms with Gasteiger partial charge in [-0.25, -0.2) is 4.98 Å². The average Bonchev–Trinajstić information content (AvgIpc) is 3.48. The second-order valence-corrected chi connectivity index (χ2v) is 8.51. The predicted octanol–water partition coefficient (Wildman–Crippen LogP) is 2.54. The van der Waals surface area contributed by atoms with Gasteiger partial charge in [-0.05, 0) is 31.4 Å². The number of ether oxygens (including phenoxy) is 2. The Morgan fingerprint density at radius 1 is 1.21 bits per heavy atom. The molecule has 3 aromatic heterocycles. The van der Waals surface area contributed by atoms with Gasteiger partial charge < -0.3 is 18.8 Å². The largest absolute Gasteiger partial charge is 0.378 e. The molecule has 0 radical (unpaired) electrons. The van der Waals surface area contributed by atoms with E-state index < -0.39 is 0 Å². The highest BCUT2D eigenvalue weighted by molar-refractivity contribution is 7.98. The van der Waals surface area contributed by atoms with E-state index in [1.54, 1.807) is 11.8 Å². The lowest BCUT2D eigenvalue weighted by atomic mass is 10.2. The topological polar surface area (TPSA) is 69.7 Å². The normalized spacial score (nSPS) is 20.0. The number of morpholine rings is 1. The molecule has 5 heterocycles. The van der Waals surface area contributed by atoms with Crippen LogP contribution in [-0.4, -0.2) is 63.2 Å². The zero-order chi connectivity index (χ0) is 19.6. The first-order valence-electron chi connectivity index (χ1n) is 10.2. The van der Waals surface area contributed by atoms with Crippen LogP contribution in [0, 0.1) is 6.92 Å². The van der Waals surface area contributed by atoms with Gasteiger partial charge in [0, 0.05) is 37.8 Å². The van der Waals surface area contributed by atoms with Crippen LogP contribution >= 0.6 is 11.8 Å². The fraction of sp³-hybridized carbons (Fsp3) is 0.550. The van der Waals surface area contributed by atoms with Crippen molar-refractivity contribution in [1.82, 2.24) is 24.1 Å².